The highest BCUT2D eigenvalue weighted by Gasteiger charge is 2.35. The molecule has 0 aromatic heterocycles. The highest BCUT2D eigenvalue weighted by molar-refractivity contribution is 5.41. The molecule has 1 rings (SSSR count). The summed E-state index contributed by atoms with van der Waals surface area (Å²) in [5.41, 5.74) is -1.95. The van der Waals surface area contributed by atoms with Crippen LogP contribution in [0.2, 0.25) is 0 Å². The maximum atomic E-state index is 12.3. The highest BCUT2D eigenvalue weighted by atomic mass is 19.4. The Morgan fingerprint density at radius 1 is 1.00 bits per heavy atom. The summed E-state index contributed by atoms with van der Waals surface area (Å²) in [6.45, 7) is 0. The van der Waals surface area contributed by atoms with Crippen molar-refractivity contribution >= 4 is 0 Å². The fourth-order valence-electron chi connectivity index (χ4n) is 1.02. The van der Waals surface area contributed by atoms with Crippen LogP contribution < -0.4 is 4.74 Å². The van der Waals surface area contributed by atoms with Crippen molar-refractivity contribution in [1.29, 1.82) is 5.26 Å². The average molecular weight is 255 g/mol. The van der Waals surface area contributed by atoms with Crippen LogP contribution >= 0.6 is 0 Å². The molecule has 0 atom stereocenters. The Hall–Kier alpha value is -1.91. The van der Waals surface area contributed by atoms with Crippen LogP contribution in [-0.4, -0.2) is 6.36 Å². The van der Waals surface area contributed by atoms with Gasteiger partial charge in [-0.2, -0.15) is 18.4 Å². The molecular weight excluding hydrogens is 252 g/mol. The third kappa shape index (κ3) is 3.86. The zero-order chi connectivity index (χ0) is 13.3. The monoisotopic (exact) mass is 255 g/mol. The quantitative estimate of drug-likeness (QED) is 0.720. The Balaban J connectivity index is 3.21. The second-order valence-corrected chi connectivity index (χ2v) is 2.90. The molecule has 0 heterocycles. The van der Waals surface area contributed by atoms with E-state index >= 15 is 0 Å². The molecule has 0 saturated heterocycles. The first-order valence-electron chi connectivity index (χ1n) is 4.00. The molecule has 2 nitrogen and oxygen atoms in total. The molecule has 0 bridgehead atoms. The van der Waals surface area contributed by atoms with Crippen molar-refractivity contribution in [3.8, 4) is 11.8 Å². The Labute approximate surface area is 91.0 Å². The van der Waals surface area contributed by atoms with Gasteiger partial charge in [0.2, 0.25) is 0 Å². The van der Waals surface area contributed by atoms with E-state index in [1.54, 1.807) is 0 Å². The molecule has 0 aliphatic rings. The van der Waals surface area contributed by atoms with E-state index in [-0.39, 0.29) is 6.07 Å². The molecule has 0 fully saturated rings. The number of nitrogens with zero attached hydrogens (tertiary/aromatic N) is 1. The number of ether oxygens (including phenoxy) is 1. The maximum Gasteiger partial charge on any atom is 0.573 e. The summed E-state index contributed by atoms with van der Waals surface area (Å²) >= 11 is 0. The van der Waals surface area contributed by atoms with Crippen molar-refractivity contribution in [2.24, 2.45) is 0 Å². The van der Waals surface area contributed by atoms with Crippen LogP contribution in [0.25, 0.3) is 0 Å². The van der Waals surface area contributed by atoms with E-state index in [0.717, 1.165) is 0 Å². The molecule has 17 heavy (non-hydrogen) atoms. The van der Waals surface area contributed by atoms with E-state index < -0.39 is 29.4 Å². The van der Waals surface area contributed by atoms with Gasteiger partial charge in [0.15, 0.2) is 0 Å². The van der Waals surface area contributed by atoms with Crippen LogP contribution in [-0.2, 0) is 6.18 Å². The molecule has 0 aliphatic heterocycles. The summed E-state index contributed by atoms with van der Waals surface area (Å²) in [5, 5.41) is 8.40. The third-order valence-electron chi connectivity index (χ3n) is 1.60. The largest absolute Gasteiger partial charge is 0.573 e. The summed E-state index contributed by atoms with van der Waals surface area (Å²) < 4.78 is 75.6. The molecule has 8 heteroatoms. The predicted octanol–water partition coefficient (Wildman–Crippen LogP) is 3.48. The fourth-order valence-corrected chi connectivity index (χ4v) is 1.02. The molecule has 0 aliphatic carbocycles. The van der Waals surface area contributed by atoms with Crippen molar-refractivity contribution in [1.82, 2.24) is 0 Å². The van der Waals surface area contributed by atoms with Gasteiger partial charge in [-0.1, -0.05) is 0 Å². The van der Waals surface area contributed by atoms with Crippen LogP contribution in [0.15, 0.2) is 18.2 Å². The number of hydrogen-bond donors (Lipinski definition) is 0. The lowest BCUT2D eigenvalue weighted by Crippen LogP contribution is -2.18. The molecule has 0 unspecified atom stereocenters. The topological polar surface area (TPSA) is 33.0 Å². The van der Waals surface area contributed by atoms with Crippen LogP contribution in [0.3, 0.4) is 0 Å². The van der Waals surface area contributed by atoms with Gasteiger partial charge in [0.1, 0.15) is 5.75 Å². The van der Waals surface area contributed by atoms with Gasteiger partial charge in [-0.15, -0.1) is 13.2 Å². The summed E-state index contributed by atoms with van der Waals surface area (Å²) in [6, 6.07) is 2.50. The average Bonchev–Trinajstić information content (AvgIpc) is 2.13. The van der Waals surface area contributed by atoms with Crippen molar-refractivity contribution in [2.75, 3.05) is 0 Å². The van der Waals surface area contributed by atoms with Gasteiger partial charge in [0.05, 0.1) is 17.2 Å². The van der Waals surface area contributed by atoms with Gasteiger partial charge in [0.25, 0.3) is 0 Å². The Kier molecular flexibility index (Phi) is 3.22. The molecule has 0 amide bonds. The van der Waals surface area contributed by atoms with Crippen LogP contribution in [0.5, 0.6) is 5.75 Å². The second kappa shape index (κ2) is 4.16. The van der Waals surface area contributed by atoms with Crippen LogP contribution in [0, 0.1) is 11.3 Å². The molecule has 1 aromatic carbocycles. The minimum atomic E-state index is -5.11. The molecule has 0 radical (unpaired) electrons. The Bertz CT molecular complexity index is 456. The number of rotatable bonds is 1. The van der Waals surface area contributed by atoms with Crippen molar-refractivity contribution in [2.45, 2.75) is 12.5 Å². The number of hydrogen-bond acceptors (Lipinski definition) is 2. The Morgan fingerprint density at radius 3 is 2.00 bits per heavy atom. The lowest BCUT2D eigenvalue weighted by atomic mass is 10.1. The normalized spacial score (nSPS) is 12.1. The molecule has 92 valence electrons. The van der Waals surface area contributed by atoms with E-state index in [1.165, 1.54) is 6.07 Å². The molecule has 0 N–H and O–H groups in total. The third-order valence-corrected chi connectivity index (χ3v) is 1.60. The first kappa shape index (κ1) is 13.2. The summed E-state index contributed by atoms with van der Waals surface area (Å²) in [6.07, 6.45) is -9.96. The predicted molar refractivity (Wildman–Crippen MR) is 42.8 cm³/mol. The molecule has 1 aromatic rings. The SMILES string of the molecule is N#Cc1cc(OC(F)(F)F)cc(C(F)(F)F)c1. The van der Waals surface area contributed by atoms with Gasteiger partial charge in [-0.05, 0) is 18.2 Å². The number of halogens is 6. The highest BCUT2D eigenvalue weighted by Crippen LogP contribution is 2.34. The van der Waals surface area contributed by atoms with Crippen LogP contribution in [0.1, 0.15) is 11.1 Å². The Morgan fingerprint density at radius 2 is 1.59 bits per heavy atom. The standard InChI is InChI=1S/C9H3F6NO/c10-8(11,12)6-1-5(4-16)2-7(3-6)17-9(13,14)15/h1-3H. The van der Waals surface area contributed by atoms with Gasteiger partial charge in [0, 0.05) is 0 Å². The lowest BCUT2D eigenvalue weighted by Gasteiger charge is -2.12. The van der Waals surface area contributed by atoms with E-state index in [1.807, 2.05) is 0 Å². The number of nitriles is 1. The van der Waals surface area contributed by atoms with E-state index in [9.17, 15) is 26.3 Å². The smallest absolute Gasteiger partial charge is 0.406 e. The van der Waals surface area contributed by atoms with Gasteiger partial charge in [-0.25, -0.2) is 0 Å². The molecular formula is C9H3F6NO. The van der Waals surface area contributed by atoms with E-state index in [2.05, 4.69) is 4.74 Å². The van der Waals surface area contributed by atoms with Gasteiger partial charge in [-0.3, -0.25) is 0 Å². The summed E-state index contributed by atoms with van der Waals surface area (Å²) in [7, 11) is 0. The van der Waals surface area contributed by atoms with Crippen molar-refractivity contribution in [3.05, 3.63) is 29.3 Å². The van der Waals surface area contributed by atoms with E-state index in [0.29, 0.717) is 12.1 Å². The van der Waals surface area contributed by atoms with Gasteiger partial charge < -0.3 is 4.74 Å². The zero-order valence-electron chi connectivity index (χ0n) is 7.86. The first-order chi connectivity index (χ1) is 7.62. The number of alkyl halides is 6. The number of benzene rings is 1. The minimum absolute atomic E-state index is 0.175. The van der Waals surface area contributed by atoms with Crippen LogP contribution in [0.4, 0.5) is 26.3 Å². The molecule has 0 spiro atoms. The molecule has 0 saturated carbocycles. The summed E-state index contributed by atoms with van der Waals surface area (Å²) in [4.78, 5) is 0. The maximum absolute atomic E-state index is 12.3. The van der Waals surface area contributed by atoms with Crippen molar-refractivity contribution in [3.63, 3.8) is 0 Å². The fraction of sp³-hybridized carbons (Fsp3) is 0.222. The minimum Gasteiger partial charge on any atom is -0.406 e. The first-order valence-corrected chi connectivity index (χ1v) is 4.00. The van der Waals surface area contributed by atoms with Gasteiger partial charge >= 0.3 is 12.5 Å². The van der Waals surface area contributed by atoms with E-state index in [4.69, 9.17) is 5.26 Å². The second-order valence-electron chi connectivity index (χ2n) is 2.90. The van der Waals surface area contributed by atoms with Crippen molar-refractivity contribution < 1.29 is 31.1 Å². The summed E-state index contributed by atoms with van der Waals surface area (Å²) in [5.74, 6) is -1.08. The zero-order valence-corrected chi connectivity index (χ0v) is 7.86. The lowest BCUT2D eigenvalue weighted by molar-refractivity contribution is -0.274.